The van der Waals surface area contributed by atoms with Crippen LogP contribution in [0.4, 0.5) is 0 Å². The second-order valence-electron chi connectivity index (χ2n) is 7.89. The van der Waals surface area contributed by atoms with E-state index in [1.165, 1.54) is 27.8 Å². The van der Waals surface area contributed by atoms with Crippen molar-refractivity contribution in [1.29, 1.82) is 0 Å². The van der Waals surface area contributed by atoms with E-state index in [2.05, 4.69) is 130 Å². The van der Waals surface area contributed by atoms with Gasteiger partial charge >= 0.3 is 0 Å². The van der Waals surface area contributed by atoms with Crippen molar-refractivity contribution in [3.05, 3.63) is 141 Å². The van der Waals surface area contributed by atoms with Crippen LogP contribution in [0.5, 0.6) is 0 Å². The van der Waals surface area contributed by atoms with Gasteiger partial charge in [-0.3, -0.25) is 4.90 Å². The fraction of sp³-hybridized carbons (Fsp3) is 0.143. The normalized spacial score (nSPS) is 14.3. The molecule has 0 N–H and O–H groups in total. The van der Waals surface area contributed by atoms with Crippen LogP contribution in [0.15, 0.2) is 114 Å². The predicted octanol–water partition coefficient (Wildman–Crippen LogP) is 6.80. The van der Waals surface area contributed by atoms with Gasteiger partial charge in [-0.15, -0.1) is 0 Å². The Hall–Kier alpha value is -2.68. The summed E-state index contributed by atoms with van der Waals surface area (Å²) in [7, 11) is 0. The van der Waals surface area contributed by atoms with Crippen molar-refractivity contribution in [2.45, 2.75) is 18.5 Å². The summed E-state index contributed by atoms with van der Waals surface area (Å²) < 4.78 is 1.15. The van der Waals surface area contributed by atoms with Gasteiger partial charge in [-0.2, -0.15) is 0 Å². The SMILES string of the molecule is Brc1ccc2c(c1)CN(C(c1ccccc1)(c1ccccc1)c1ccccc1)CC2. The Morgan fingerprint density at radius 3 is 1.60 bits per heavy atom. The summed E-state index contributed by atoms with van der Waals surface area (Å²) >= 11 is 3.68. The van der Waals surface area contributed by atoms with Crippen LogP contribution in [0, 0.1) is 0 Å². The molecule has 0 fully saturated rings. The topological polar surface area (TPSA) is 3.24 Å². The smallest absolute Gasteiger partial charge is 0.0975 e. The third-order valence-electron chi connectivity index (χ3n) is 6.23. The van der Waals surface area contributed by atoms with Crippen LogP contribution in [0.25, 0.3) is 0 Å². The van der Waals surface area contributed by atoms with Crippen LogP contribution >= 0.6 is 15.9 Å². The minimum absolute atomic E-state index is 0.343. The Balaban J connectivity index is 1.76. The monoisotopic (exact) mass is 453 g/mol. The predicted molar refractivity (Wildman–Crippen MR) is 127 cm³/mol. The Morgan fingerprint density at radius 1 is 0.600 bits per heavy atom. The van der Waals surface area contributed by atoms with E-state index in [-0.39, 0.29) is 5.54 Å². The molecule has 2 heteroatoms. The summed E-state index contributed by atoms with van der Waals surface area (Å²) in [4.78, 5) is 2.65. The Bertz CT molecular complexity index is 1030. The first-order chi connectivity index (χ1) is 14.8. The molecule has 0 aromatic heterocycles. The maximum absolute atomic E-state index is 3.68. The summed E-state index contributed by atoms with van der Waals surface area (Å²) in [5, 5.41) is 0. The fourth-order valence-corrected chi connectivity index (χ4v) is 5.31. The van der Waals surface area contributed by atoms with Gasteiger partial charge in [0.05, 0.1) is 5.54 Å². The van der Waals surface area contributed by atoms with E-state index in [1.54, 1.807) is 0 Å². The first-order valence-electron chi connectivity index (χ1n) is 10.5. The third-order valence-corrected chi connectivity index (χ3v) is 6.72. The summed E-state index contributed by atoms with van der Waals surface area (Å²) in [5.41, 5.74) is 6.44. The van der Waals surface area contributed by atoms with Gasteiger partial charge < -0.3 is 0 Å². The van der Waals surface area contributed by atoms with E-state index in [0.29, 0.717) is 0 Å². The van der Waals surface area contributed by atoms with Crippen molar-refractivity contribution in [2.24, 2.45) is 0 Å². The van der Waals surface area contributed by atoms with E-state index in [9.17, 15) is 0 Å². The third kappa shape index (κ3) is 3.30. The molecule has 0 saturated carbocycles. The molecule has 0 spiro atoms. The van der Waals surface area contributed by atoms with Crippen LogP contribution in [0.2, 0.25) is 0 Å². The number of rotatable bonds is 4. The first-order valence-corrected chi connectivity index (χ1v) is 11.3. The van der Waals surface area contributed by atoms with E-state index >= 15 is 0 Å². The average Bonchev–Trinajstić information content (AvgIpc) is 2.81. The molecule has 5 rings (SSSR count). The van der Waals surface area contributed by atoms with Gasteiger partial charge in [-0.1, -0.05) is 113 Å². The lowest BCUT2D eigenvalue weighted by atomic mass is 9.74. The zero-order valence-corrected chi connectivity index (χ0v) is 18.4. The number of hydrogen-bond donors (Lipinski definition) is 0. The molecule has 1 nitrogen and oxygen atoms in total. The molecule has 0 unspecified atom stereocenters. The van der Waals surface area contributed by atoms with Crippen molar-refractivity contribution in [1.82, 2.24) is 4.90 Å². The zero-order valence-electron chi connectivity index (χ0n) is 16.8. The molecule has 0 radical (unpaired) electrons. The maximum Gasteiger partial charge on any atom is 0.0975 e. The highest BCUT2D eigenvalue weighted by molar-refractivity contribution is 9.10. The summed E-state index contributed by atoms with van der Waals surface area (Å²) in [5.74, 6) is 0. The molecule has 1 aliphatic heterocycles. The number of hydrogen-bond acceptors (Lipinski definition) is 1. The summed E-state index contributed by atoms with van der Waals surface area (Å²) in [6, 6.07) is 39.6. The molecule has 1 heterocycles. The Labute approximate surface area is 187 Å². The zero-order chi connectivity index (χ0) is 20.4. The molecule has 0 amide bonds. The molecule has 0 saturated heterocycles. The highest BCUT2D eigenvalue weighted by Gasteiger charge is 2.43. The van der Waals surface area contributed by atoms with Crippen molar-refractivity contribution in [2.75, 3.05) is 6.54 Å². The van der Waals surface area contributed by atoms with Crippen molar-refractivity contribution in [3.63, 3.8) is 0 Å². The second kappa shape index (κ2) is 8.22. The van der Waals surface area contributed by atoms with E-state index in [4.69, 9.17) is 0 Å². The molecule has 0 bridgehead atoms. The number of benzene rings is 4. The highest BCUT2D eigenvalue weighted by Crippen LogP contribution is 2.44. The molecular weight excluding hydrogens is 430 g/mol. The maximum atomic E-state index is 3.68. The van der Waals surface area contributed by atoms with Gasteiger partial charge in [0.15, 0.2) is 0 Å². The summed E-state index contributed by atoms with van der Waals surface area (Å²) in [6.07, 6.45) is 1.05. The van der Waals surface area contributed by atoms with Crippen LogP contribution in [-0.2, 0) is 18.5 Å². The average molecular weight is 454 g/mol. The van der Waals surface area contributed by atoms with Gasteiger partial charge in [0.2, 0.25) is 0 Å². The quantitative estimate of drug-likeness (QED) is 0.307. The van der Waals surface area contributed by atoms with Crippen molar-refractivity contribution in [3.8, 4) is 0 Å². The molecule has 0 atom stereocenters. The molecule has 30 heavy (non-hydrogen) atoms. The summed E-state index contributed by atoms with van der Waals surface area (Å²) in [6.45, 7) is 1.92. The number of nitrogens with zero attached hydrogens (tertiary/aromatic N) is 1. The molecular formula is C28H24BrN. The van der Waals surface area contributed by atoms with Gasteiger partial charge in [0.25, 0.3) is 0 Å². The molecule has 1 aliphatic rings. The van der Waals surface area contributed by atoms with Crippen molar-refractivity contribution >= 4 is 15.9 Å². The van der Waals surface area contributed by atoms with E-state index < -0.39 is 0 Å². The van der Waals surface area contributed by atoms with Crippen LogP contribution < -0.4 is 0 Å². The van der Waals surface area contributed by atoms with Gasteiger partial charge in [0, 0.05) is 17.6 Å². The Morgan fingerprint density at radius 2 is 1.10 bits per heavy atom. The molecule has 4 aromatic rings. The van der Waals surface area contributed by atoms with Crippen LogP contribution in [0.3, 0.4) is 0 Å². The Kier molecular flexibility index (Phi) is 5.28. The van der Waals surface area contributed by atoms with E-state index in [1.807, 2.05) is 0 Å². The lowest BCUT2D eigenvalue weighted by Crippen LogP contribution is -2.50. The van der Waals surface area contributed by atoms with Crippen molar-refractivity contribution < 1.29 is 0 Å². The van der Waals surface area contributed by atoms with Gasteiger partial charge in [-0.25, -0.2) is 0 Å². The first kappa shape index (κ1) is 19.3. The number of fused-ring (bicyclic) bond motifs is 1. The van der Waals surface area contributed by atoms with Crippen LogP contribution in [0.1, 0.15) is 27.8 Å². The van der Waals surface area contributed by atoms with Gasteiger partial charge in [-0.05, 0) is 46.4 Å². The molecule has 148 valence electrons. The van der Waals surface area contributed by atoms with E-state index in [0.717, 1.165) is 24.0 Å². The minimum Gasteiger partial charge on any atom is -0.281 e. The molecule has 0 aliphatic carbocycles. The number of halogens is 1. The lowest BCUT2D eigenvalue weighted by molar-refractivity contribution is 0.139. The van der Waals surface area contributed by atoms with Crippen LogP contribution in [-0.4, -0.2) is 11.4 Å². The van der Waals surface area contributed by atoms with Gasteiger partial charge in [0.1, 0.15) is 0 Å². The molecule has 4 aromatic carbocycles. The fourth-order valence-electron chi connectivity index (χ4n) is 4.90. The second-order valence-corrected chi connectivity index (χ2v) is 8.81. The largest absolute Gasteiger partial charge is 0.281 e. The lowest BCUT2D eigenvalue weighted by Gasteiger charge is -2.47. The minimum atomic E-state index is -0.343. The standard InChI is InChI=1S/C28H24BrN/c29-27-17-16-22-18-19-30(21-23(22)20-27)28(24-10-4-1-5-11-24,25-12-6-2-7-13-25)26-14-8-3-9-15-26/h1-17,20H,18-19,21H2. The highest BCUT2D eigenvalue weighted by atomic mass is 79.9.